The second-order valence-corrected chi connectivity index (χ2v) is 5.23. The molecule has 0 unspecified atom stereocenters. The van der Waals surface area contributed by atoms with Crippen molar-refractivity contribution in [3.8, 4) is 0 Å². The number of hydrogen-bond donors (Lipinski definition) is 0. The van der Waals surface area contributed by atoms with Gasteiger partial charge in [-0.15, -0.1) is 0 Å². The van der Waals surface area contributed by atoms with Crippen LogP contribution in [0.2, 0.25) is 5.02 Å². The molecule has 0 aliphatic carbocycles. The van der Waals surface area contributed by atoms with Crippen LogP contribution in [0.4, 0.5) is 18.9 Å². The summed E-state index contributed by atoms with van der Waals surface area (Å²) >= 11 is 5.90. The van der Waals surface area contributed by atoms with Crippen molar-refractivity contribution >= 4 is 29.2 Å². The predicted octanol–water partition coefficient (Wildman–Crippen LogP) is 3.27. The van der Waals surface area contributed by atoms with Gasteiger partial charge < -0.3 is 9.64 Å². The third-order valence-corrected chi connectivity index (χ3v) is 3.63. The van der Waals surface area contributed by atoms with Gasteiger partial charge in [-0.25, -0.2) is 0 Å². The van der Waals surface area contributed by atoms with Gasteiger partial charge in [0.25, 0.3) is 0 Å². The molecule has 1 fully saturated rings. The van der Waals surface area contributed by atoms with Gasteiger partial charge in [-0.2, -0.15) is 13.2 Å². The highest BCUT2D eigenvalue weighted by Crippen LogP contribution is 2.37. The first-order chi connectivity index (χ1) is 10.2. The first kappa shape index (κ1) is 16.6. The second kappa shape index (κ2) is 6.16. The monoisotopic (exact) mass is 335 g/mol. The number of anilines is 1. The number of hydrogen-bond acceptors (Lipinski definition) is 3. The van der Waals surface area contributed by atoms with E-state index in [1.807, 2.05) is 0 Å². The molecule has 0 aromatic heterocycles. The molecule has 0 N–H and O–H groups in total. The maximum absolute atomic E-state index is 12.8. The van der Waals surface area contributed by atoms with Crippen LogP contribution in [0, 0.1) is 5.92 Å². The molecule has 1 heterocycles. The van der Waals surface area contributed by atoms with Crippen LogP contribution in [-0.2, 0) is 20.5 Å². The summed E-state index contributed by atoms with van der Waals surface area (Å²) in [7, 11) is 0. The highest BCUT2D eigenvalue weighted by molar-refractivity contribution is 6.34. The largest absolute Gasteiger partial charge is 0.466 e. The minimum Gasteiger partial charge on any atom is -0.466 e. The lowest BCUT2D eigenvalue weighted by Crippen LogP contribution is -2.27. The molecule has 1 aromatic rings. The Morgan fingerprint density at radius 3 is 2.73 bits per heavy atom. The van der Waals surface area contributed by atoms with E-state index in [1.165, 1.54) is 0 Å². The highest BCUT2D eigenvalue weighted by atomic mass is 35.5. The molecular weight excluding hydrogens is 323 g/mol. The van der Waals surface area contributed by atoms with Crippen molar-refractivity contribution in [3.05, 3.63) is 28.8 Å². The van der Waals surface area contributed by atoms with Crippen molar-refractivity contribution in [2.24, 2.45) is 5.92 Å². The molecule has 1 atom stereocenters. The van der Waals surface area contributed by atoms with E-state index in [9.17, 15) is 22.8 Å². The van der Waals surface area contributed by atoms with Crippen molar-refractivity contribution < 1.29 is 27.5 Å². The van der Waals surface area contributed by atoms with E-state index in [4.69, 9.17) is 16.3 Å². The van der Waals surface area contributed by atoms with Gasteiger partial charge in [0.1, 0.15) is 0 Å². The average Bonchev–Trinajstić information content (AvgIpc) is 2.80. The molecule has 1 aliphatic rings. The van der Waals surface area contributed by atoms with Gasteiger partial charge in [0.2, 0.25) is 5.91 Å². The number of ether oxygens (including phenoxy) is 1. The van der Waals surface area contributed by atoms with Gasteiger partial charge in [0.05, 0.1) is 28.8 Å². The zero-order valence-electron chi connectivity index (χ0n) is 11.6. The molecule has 0 saturated carbocycles. The third kappa shape index (κ3) is 3.35. The summed E-state index contributed by atoms with van der Waals surface area (Å²) in [5, 5.41) is 0.0193. The summed E-state index contributed by atoms with van der Waals surface area (Å²) in [6, 6.07) is 2.74. The number of carbonyl (C=O) groups is 2. The first-order valence-corrected chi connectivity index (χ1v) is 6.95. The molecule has 1 amide bonds. The summed E-state index contributed by atoms with van der Waals surface area (Å²) in [5.74, 6) is -1.70. The number of benzene rings is 1. The SMILES string of the molecule is CCOC(=O)[C@@H]1CC(=O)N(c2cc(C(F)(F)F)ccc2Cl)C1. The fourth-order valence-corrected chi connectivity index (χ4v) is 2.47. The Bertz CT molecular complexity index is 603. The molecule has 0 radical (unpaired) electrons. The van der Waals surface area contributed by atoms with E-state index >= 15 is 0 Å². The van der Waals surface area contributed by atoms with Crippen LogP contribution in [0.5, 0.6) is 0 Å². The van der Waals surface area contributed by atoms with Crippen LogP contribution in [0.15, 0.2) is 18.2 Å². The lowest BCUT2D eigenvalue weighted by atomic mass is 10.1. The minimum absolute atomic E-state index is 0.0193. The van der Waals surface area contributed by atoms with Crippen LogP contribution in [0.1, 0.15) is 18.9 Å². The van der Waals surface area contributed by atoms with E-state index in [-0.39, 0.29) is 30.3 Å². The van der Waals surface area contributed by atoms with Gasteiger partial charge in [0.15, 0.2) is 0 Å². The number of nitrogens with zero attached hydrogens (tertiary/aromatic N) is 1. The van der Waals surface area contributed by atoms with Gasteiger partial charge in [-0.1, -0.05) is 11.6 Å². The van der Waals surface area contributed by atoms with Gasteiger partial charge >= 0.3 is 12.1 Å². The minimum atomic E-state index is -4.54. The van der Waals surface area contributed by atoms with E-state index in [1.54, 1.807) is 6.92 Å². The molecule has 22 heavy (non-hydrogen) atoms. The Hall–Kier alpha value is -1.76. The summed E-state index contributed by atoms with van der Waals surface area (Å²) in [6.07, 6.45) is -4.64. The number of alkyl halides is 3. The molecule has 4 nitrogen and oxygen atoms in total. The Labute approximate surface area is 129 Å². The molecule has 120 valence electrons. The van der Waals surface area contributed by atoms with Gasteiger partial charge in [-0.05, 0) is 25.1 Å². The molecule has 1 aliphatic heterocycles. The molecule has 0 bridgehead atoms. The number of halogens is 4. The number of rotatable bonds is 3. The zero-order chi connectivity index (χ0) is 16.5. The summed E-state index contributed by atoms with van der Waals surface area (Å²) < 4.78 is 43.1. The third-order valence-electron chi connectivity index (χ3n) is 3.31. The molecule has 1 aromatic carbocycles. The van der Waals surface area contributed by atoms with Crippen LogP contribution >= 0.6 is 11.6 Å². The molecule has 1 saturated heterocycles. The van der Waals surface area contributed by atoms with E-state index in [2.05, 4.69) is 0 Å². The van der Waals surface area contributed by atoms with Crippen molar-refractivity contribution in [2.75, 3.05) is 18.1 Å². The topological polar surface area (TPSA) is 46.6 Å². The number of esters is 1. The number of carbonyl (C=O) groups excluding carboxylic acids is 2. The average molecular weight is 336 g/mol. The highest BCUT2D eigenvalue weighted by Gasteiger charge is 2.38. The van der Waals surface area contributed by atoms with Gasteiger partial charge in [-0.3, -0.25) is 9.59 Å². The van der Waals surface area contributed by atoms with Crippen molar-refractivity contribution in [2.45, 2.75) is 19.5 Å². The molecule has 2 rings (SSSR count). The number of amides is 1. The van der Waals surface area contributed by atoms with Crippen LogP contribution < -0.4 is 4.90 Å². The van der Waals surface area contributed by atoms with Crippen molar-refractivity contribution in [1.82, 2.24) is 0 Å². The van der Waals surface area contributed by atoms with E-state index in [0.29, 0.717) is 0 Å². The zero-order valence-corrected chi connectivity index (χ0v) is 12.4. The molecule has 8 heteroatoms. The Morgan fingerprint density at radius 1 is 1.45 bits per heavy atom. The predicted molar refractivity (Wildman–Crippen MR) is 73.5 cm³/mol. The summed E-state index contributed by atoms with van der Waals surface area (Å²) in [4.78, 5) is 24.7. The van der Waals surface area contributed by atoms with Crippen LogP contribution in [0.25, 0.3) is 0 Å². The van der Waals surface area contributed by atoms with Crippen LogP contribution in [-0.4, -0.2) is 25.0 Å². The summed E-state index contributed by atoms with van der Waals surface area (Å²) in [6.45, 7) is 1.77. The molecule has 0 spiro atoms. The van der Waals surface area contributed by atoms with Crippen molar-refractivity contribution in [1.29, 1.82) is 0 Å². The standard InChI is InChI=1S/C14H13ClF3NO3/c1-2-22-13(21)8-5-12(20)19(7-8)11-6-9(14(16,17)18)3-4-10(11)15/h3-4,6,8H,2,5,7H2,1H3/t8-/m1/s1. The smallest absolute Gasteiger partial charge is 0.416 e. The fraction of sp³-hybridized carbons (Fsp3) is 0.429. The molecular formula is C14H13ClF3NO3. The first-order valence-electron chi connectivity index (χ1n) is 6.57. The quantitative estimate of drug-likeness (QED) is 0.796. The van der Waals surface area contributed by atoms with E-state index in [0.717, 1.165) is 23.1 Å². The van der Waals surface area contributed by atoms with Crippen LogP contribution in [0.3, 0.4) is 0 Å². The summed E-state index contributed by atoms with van der Waals surface area (Å²) in [5.41, 5.74) is -0.951. The lowest BCUT2D eigenvalue weighted by molar-refractivity contribution is -0.147. The fourth-order valence-electron chi connectivity index (χ4n) is 2.25. The Morgan fingerprint density at radius 2 is 2.14 bits per heavy atom. The van der Waals surface area contributed by atoms with Crippen molar-refractivity contribution in [3.63, 3.8) is 0 Å². The lowest BCUT2D eigenvalue weighted by Gasteiger charge is -2.19. The maximum atomic E-state index is 12.8. The van der Waals surface area contributed by atoms with Gasteiger partial charge in [0, 0.05) is 13.0 Å². The maximum Gasteiger partial charge on any atom is 0.416 e. The Kier molecular flexibility index (Phi) is 4.65. The normalized spacial score (nSPS) is 18.7. The van der Waals surface area contributed by atoms with E-state index < -0.39 is 29.5 Å². The Balaban J connectivity index is 2.28. The second-order valence-electron chi connectivity index (χ2n) is 4.82.